The Bertz CT molecular complexity index is 912. The monoisotopic (exact) mass is 448 g/mol. The molecule has 0 aromatic carbocycles. The predicted octanol–water partition coefficient (Wildman–Crippen LogP) is 0.314. The van der Waals surface area contributed by atoms with Crippen LogP contribution in [0.25, 0.3) is 0 Å². The Kier molecular flexibility index (Phi) is 7.27. The Hall–Kier alpha value is -1.82. The first-order chi connectivity index (χ1) is 14.2. The number of phosphoric acid groups is 1. The summed E-state index contributed by atoms with van der Waals surface area (Å²) >= 11 is 0. The van der Waals surface area contributed by atoms with Gasteiger partial charge < -0.3 is 14.6 Å². The second kappa shape index (κ2) is 9.54. The van der Waals surface area contributed by atoms with E-state index in [-0.39, 0.29) is 44.7 Å². The Balaban J connectivity index is 1.54. The van der Waals surface area contributed by atoms with Crippen LogP contribution in [0.3, 0.4) is 0 Å². The highest BCUT2D eigenvalue weighted by Gasteiger charge is 2.49. The number of aliphatic hydroxyl groups excluding tert-OH is 1. The Morgan fingerprint density at radius 1 is 1.37 bits per heavy atom. The van der Waals surface area contributed by atoms with Crippen LogP contribution in [0.4, 0.5) is 0 Å². The highest BCUT2D eigenvalue weighted by molar-refractivity contribution is 7.48. The summed E-state index contributed by atoms with van der Waals surface area (Å²) in [6.07, 6.45) is -1.55. The molecule has 0 aliphatic carbocycles. The summed E-state index contributed by atoms with van der Waals surface area (Å²) in [5.41, 5.74) is -1.30. The molecule has 3 heterocycles. The van der Waals surface area contributed by atoms with Gasteiger partial charge in [0, 0.05) is 24.6 Å². The normalized spacial score (nSPS) is 31.3. The first-order valence-corrected chi connectivity index (χ1v) is 11.0. The van der Waals surface area contributed by atoms with Crippen molar-refractivity contribution in [3.05, 3.63) is 33.1 Å². The van der Waals surface area contributed by atoms with Crippen LogP contribution in [-0.2, 0) is 32.4 Å². The van der Waals surface area contributed by atoms with Gasteiger partial charge in [-0.2, -0.15) is 0 Å². The molecular formula is C17H25N2O10P. The van der Waals surface area contributed by atoms with Crippen molar-refractivity contribution in [1.29, 1.82) is 0 Å². The molecule has 2 fully saturated rings. The number of nitrogens with zero attached hydrogens (tertiary/aromatic N) is 1. The standard InChI is InChI=1S/C17H25N2O10P/c1-10(2)28-14(21)4-3-7-25-30(24)26-8-11-12(9-27-30)29-16(15(11)22)19-6-5-13(20)18-17(19)23/h5-6,10-12,15-16,22H,3-4,7-9H2,1-2H3,(H,18,20,23)/t11-,12-,15-,16-,30-/m1/s1. The zero-order chi connectivity index (χ0) is 21.9. The first-order valence-electron chi connectivity index (χ1n) is 9.56. The maximum atomic E-state index is 12.6. The predicted molar refractivity (Wildman–Crippen MR) is 101 cm³/mol. The van der Waals surface area contributed by atoms with E-state index in [1.807, 2.05) is 0 Å². The molecule has 5 atom stereocenters. The smallest absolute Gasteiger partial charge is 0.463 e. The number of hydrogen-bond donors (Lipinski definition) is 2. The van der Waals surface area contributed by atoms with E-state index < -0.39 is 43.4 Å². The van der Waals surface area contributed by atoms with Crippen LogP contribution in [0.5, 0.6) is 0 Å². The van der Waals surface area contributed by atoms with Gasteiger partial charge in [0.25, 0.3) is 5.56 Å². The minimum Gasteiger partial charge on any atom is -0.463 e. The second-order valence-electron chi connectivity index (χ2n) is 7.25. The lowest BCUT2D eigenvalue weighted by atomic mass is 9.99. The molecular weight excluding hydrogens is 423 g/mol. The maximum Gasteiger partial charge on any atom is 0.474 e. The third kappa shape index (κ3) is 5.45. The van der Waals surface area contributed by atoms with Crippen LogP contribution >= 0.6 is 7.82 Å². The molecule has 0 spiro atoms. The van der Waals surface area contributed by atoms with Gasteiger partial charge in [-0.05, 0) is 20.3 Å². The van der Waals surface area contributed by atoms with Crippen molar-refractivity contribution in [3.8, 4) is 0 Å². The average molecular weight is 448 g/mol. The van der Waals surface area contributed by atoms with Crippen molar-refractivity contribution in [2.45, 2.75) is 51.2 Å². The molecule has 13 heteroatoms. The van der Waals surface area contributed by atoms with Crippen molar-refractivity contribution >= 4 is 13.8 Å². The Morgan fingerprint density at radius 2 is 2.10 bits per heavy atom. The number of aromatic amines is 1. The van der Waals surface area contributed by atoms with Gasteiger partial charge in [0.2, 0.25) is 0 Å². The number of carbonyl (C=O) groups is 1. The number of fused-ring (bicyclic) bond motifs is 1. The van der Waals surface area contributed by atoms with Gasteiger partial charge in [-0.1, -0.05) is 0 Å². The molecule has 0 bridgehead atoms. The summed E-state index contributed by atoms with van der Waals surface area (Å²) in [6.45, 7) is 3.06. The summed E-state index contributed by atoms with van der Waals surface area (Å²) in [5.74, 6) is -1.02. The molecule has 0 saturated carbocycles. The highest BCUT2D eigenvalue weighted by atomic mass is 31.2. The molecule has 0 radical (unpaired) electrons. The van der Waals surface area contributed by atoms with Crippen LogP contribution < -0.4 is 11.2 Å². The molecule has 30 heavy (non-hydrogen) atoms. The number of rotatable bonds is 7. The quantitative estimate of drug-likeness (QED) is 0.338. The molecule has 2 aliphatic rings. The van der Waals surface area contributed by atoms with E-state index in [9.17, 15) is 24.1 Å². The number of esters is 1. The first kappa shape index (κ1) is 22.9. The van der Waals surface area contributed by atoms with E-state index in [4.69, 9.17) is 23.0 Å². The number of H-pyrrole nitrogens is 1. The van der Waals surface area contributed by atoms with Crippen LogP contribution in [-0.4, -0.2) is 58.8 Å². The lowest BCUT2D eigenvalue weighted by Crippen LogP contribution is -2.36. The number of aromatic nitrogens is 2. The van der Waals surface area contributed by atoms with Gasteiger partial charge in [-0.3, -0.25) is 32.7 Å². The van der Waals surface area contributed by atoms with E-state index in [2.05, 4.69) is 4.98 Å². The van der Waals surface area contributed by atoms with Gasteiger partial charge >= 0.3 is 19.5 Å². The van der Waals surface area contributed by atoms with E-state index in [0.29, 0.717) is 0 Å². The summed E-state index contributed by atoms with van der Waals surface area (Å²) in [4.78, 5) is 36.8. The Labute approximate surface area is 171 Å². The van der Waals surface area contributed by atoms with Gasteiger partial charge in [-0.15, -0.1) is 0 Å². The fourth-order valence-corrected chi connectivity index (χ4v) is 4.45. The fraction of sp³-hybridized carbons (Fsp3) is 0.706. The Morgan fingerprint density at radius 3 is 2.80 bits per heavy atom. The lowest BCUT2D eigenvalue weighted by molar-refractivity contribution is -0.147. The molecule has 2 saturated heterocycles. The van der Waals surface area contributed by atoms with Crippen molar-refractivity contribution in [2.24, 2.45) is 5.92 Å². The number of nitrogens with one attached hydrogen (secondary N) is 1. The zero-order valence-electron chi connectivity index (χ0n) is 16.6. The van der Waals surface area contributed by atoms with E-state index in [1.165, 1.54) is 6.20 Å². The molecule has 168 valence electrons. The van der Waals surface area contributed by atoms with E-state index in [0.717, 1.165) is 10.6 Å². The summed E-state index contributed by atoms with van der Waals surface area (Å²) < 4.78 is 40.2. The molecule has 3 rings (SSSR count). The van der Waals surface area contributed by atoms with E-state index >= 15 is 0 Å². The van der Waals surface area contributed by atoms with Crippen LogP contribution in [0.1, 0.15) is 32.9 Å². The third-order valence-corrected chi connectivity index (χ3v) is 6.04. The largest absolute Gasteiger partial charge is 0.474 e. The number of hydrogen-bond acceptors (Lipinski definition) is 10. The average Bonchev–Trinajstić information content (AvgIpc) is 2.87. The minimum atomic E-state index is -3.89. The van der Waals surface area contributed by atoms with E-state index in [1.54, 1.807) is 13.8 Å². The van der Waals surface area contributed by atoms with Gasteiger partial charge in [0.1, 0.15) is 6.10 Å². The molecule has 2 N–H and O–H groups in total. The number of carbonyl (C=O) groups excluding carboxylic acids is 1. The molecule has 2 aliphatic heterocycles. The molecule has 0 unspecified atom stereocenters. The zero-order valence-corrected chi connectivity index (χ0v) is 17.5. The summed E-state index contributed by atoms with van der Waals surface area (Å²) in [5, 5.41) is 10.6. The second-order valence-corrected chi connectivity index (χ2v) is 8.92. The van der Waals surface area contributed by atoms with Gasteiger partial charge in [0.05, 0.1) is 32.0 Å². The third-order valence-electron chi connectivity index (χ3n) is 4.61. The lowest BCUT2D eigenvalue weighted by Gasteiger charge is -2.20. The van der Waals surface area contributed by atoms with Crippen LogP contribution in [0, 0.1) is 5.92 Å². The van der Waals surface area contributed by atoms with Crippen molar-refractivity contribution in [3.63, 3.8) is 0 Å². The number of aliphatic hydroxyl groups is 1. The minimum absolute atomic E-state index is 0.0430. The van der Waals surface area contributed by atoms with Gasteiger partial charge in [0.15, 0.2) is 6.23 Å². The molecule has 1 aromatic heterocycles. The van der Waals surface area contributed by atoms with Crippen molar-refractivity contribution in [1.82, 2.24) is 9.55 Å². The highest BCUT2D eigenvalue weighted by Crippen LogP contribution is 2.53. The molecule has 12 nitrogen and oxygen atoms in total. The van der Waals surface area contributed by atoms with Crippen molar-refractivity contribution < 1.29 is 37.5 Å². The summed E-state index contributed by atoms with van der Waals surface area (Å²) in [6, 6.07) is 1.14. The SMILES string of the molecule is CC(C)OC(=O)CCCO[P@]1(=O)OC[C@H]2[C@@H](O)[C@H](n3ccc(=O)[nH]c3=O)O[C@@H]2CO1. The fourth-order valence-electron chi connectivity index (χ4n) is 3.19. The van der Waals surface area contributed by atoms with Crippen LogP contribution in [0.2, 0.25) is 0 Å². The number of phosphoric ester groups is 1. The van der Waals surface area contributed by atoms with Crippen molar-refractivity contribution in [2.75, 3.05) is 19.8 Å². The molecule has 0 amide bonds. The molecule has 1 aromatic rings. The summed E-state index contributed by atoms with van der Waals surface area (Å²) in [7, 11) is -3.89. The maximum absolute atomic E-state index is 12.6. The number of ether oxygens (including phenoxy) is 2. The van der Waals surface area contributed by atoms with Gasteiger partial charge in [-0.25, -0.2) is 9.36 Å². The van der Waals surface area contributed by atoms with Crippen LogP contribution in [0.15, 0.2) is 21.9 Å². The topological polar surface area (TPSA) is 155 Å².